The van der Waals surface area contributed by atoms with Gasteiger partial charge in [0.15, 0.2) is 0 Å². The highest BCUT2D eigenvalue weighted by Gasteiger charge is 2.53. The topological polar surface area (TPSA) is 8.17 Å². The van der Waals surface area contributed by atoms with E-state index < -0.39 is 0 Å². The molecule has 14 rings (SSSR count). The summed E-state index contributed by atoms with van der Waals surface area (Å²) in [5, 5.41) is 5.22. The van der Waals surface area contributed by atoms with Gasteiger partial charge >= 0.3 is 0 Å². The Balaban J connectivity index is 0.858. The van der Waals surface area contributed by atoms with Gasteiger partial charge in [-0.1, -0.05) is 182 Å². The number of benzene rings is 11. The smallest absolute Gasteiger partial charge is 0.0725 e. The van der Waals surface area contributed by atoms with Crippen molar-refractivity contribution in [3.8, 4) is 50.2 Å². The molecule has 0 N–H and O–H groups in total. The van der Waals surface area contributed by atoms with Crippen molar-refractivity contribution in [3.05, 3.63) is 277 Å². The average molecular weight is 851 g/mol. The summed E-state index contributed by atoms with van der Waals surface area (Å²) in [4.78, 5) is 2.38. The third-order valence-corrected chi connectivity index (χ3v) is 14.6. The Bertz CT molecular complexity index is 3840. The molecule has 2 aliphatic carbocycles. The van der Waals surface area contributed by atoms with Gasteiger partial charge in [-0.15, -0.1) is 0 Å². The predicted molar refractivity (Wildman–Crippen MR) is 280 cm³/mol. The van der Waals surface area contributed by atoms with Crippen molar-refractivity contribution in [1.82, 2.24) is 4.57 Å². The van der Waals surface area contributed by atoms with E-state index in [1.54, 1.807) is 0 Å². The maximum atomic E-state index is 2.47. The van der Waals surface area contributed by atoms with Crippen LogP contribution in [-0.4, -0.2) is 4.57 Å². The lowest BCUT2D eigenvalue weighted by atomic mass is 9.58. The fraction of sp³-hybridized carbons (Fsp3) is 0.0154. The number of fused-ring (bicyclic) bond motifs is 10. The van der Waals surface area contributed by atoms with Gasteiger partial charge in [0.05, 0.1) is 16.4 Å². The van der Waals surface area contributed by atoms with E-state index in [1.807, 2.05) is 0 Å². The molecular formula is C65H42N2. The summed E-state index contributed by atoms with van der Waals surface area (Å²) in [6.07, 6.45) is 0. The molecule has 0 saturated carbocycles. The van der Waals surface area contributed by atoms with Crippen LogP contribution in [0.4, 0.5) is 17.1 Å². The van der Waals surface area contributed by atoms with Crippen LogP contribution in [0.2, 0.25) is 0 Å². The highest BCUT2D eigenvalue weighted by molar-refractivity contribution is 6.11. The molecule has 0 amide bonds. The van der Waals surface area contributed by atoms with Crippen LogP contribution in [0.25, 0.3) is 82.8 Å². The molecule has 67 heavy (non-hydrogen) atoms. The van der Waals surface area contributed by atoms with E-state index in [1.165, 1.54) is 99.3 Å². The highest BCUT2D eigenvalue weighted by atomic mass is 15.1. The normalized spacial score (nSPS) is 12.9. The van der Waals surface area contributed by atoms with E-state index in [0.717, 1.165) is 22.7 Å². The van der Waals surface area contributed by atoms with Crippen LogP contribution >= 0.6 is 0 Å². The van der Waals surface area contributed by atoms with Crippen molar-refractivity contribution in [1.29, 1.82) is 0 Å². The molecule has 0 atom stereocenters. The second-order valence-electron chi connectivity index (χ2n) is 18.0. The Morgan fingerprint density at radius 3 is 1.46 bits per heavy atom. The molecule has 1 spiro atoms. The van der Waals surface area contributed by atoms with Crippen molar-refractivity contribution >= 4 is 49.6 Å². The molecule has 11 aromatic carbocycles. The van der Waals surface area contributed by atoms with Gasteiger partial charge in [-0.05, 0) is 150 Å². The molecule has 0 saturated heterocycles. The zero-order valence-electron chi connectivity index (χ0n) is 36.6. The largest absolute Gasteiger partial charge is 0.311 e. The standard InChI is InChI=1S/C65H42N2/c1-3-13-43(14-4-1)45-25-31-50(32-26-45)66(52-35-37-53(38-36-52)67-62-24-10-8-20-56(62)57-41-48(30-40-63(57)67)44-15-5-2-6-16-44)51-33-27-46(28-34-51)49-29-39-55-54-19-7-9-21-58(54)65(61(55)42-49)59-22-11-17-47-18-12-23-60(65)64(47)59/h1-42H. The fourth-order valence-corrected chi connectivity index (χ4v) is 11.6. The van der Waals surface area contributed by atoms with Crippen molar-refractivity contribution < 1.29 is 0 Å². The molecule has 2 nitrogen and oxygen atoms in total. The van der Waals surface area contributed by atoms with Crippen LogP contribution in [0, 0.1) is 0 Å². The Morgan fingerprint density at radius 2 is 0.776 bits per heavy atom. The van der Waals surface area contributed by atoms with Gasteiger partial charge in [0, 0.05) is 33.5 Å². The summed E-state index contributed by atoms with van der Waals surface area (Å²) < 4.78 is 2.40. The molecule has 0 bridgehead atoms. The molecule has 0 unspecified atom stereocenters. The number of rotatable bonds is 7. The summed E-state index contributed by atoms with van der Waals surface area (Å²) in [6.45, 7) is 0. The first-order chi connectivity index (χ1) is 33.2. The molecule has 0 radical (unpaired) electrons. The van der Waals surface area contributed by atoms with Gasteiger partial charge in [-0.2, -0.15) is 0 Å². The molecule has 0 aliphatic heterocycles. The van der Waals surface area contributed by atoms with E-state index in [-0.39, 0.29) is 5.41 Å². The van der Waals surface area contributed by atoms with Crippen LogP contribution in [0.3, 0.4) is 0 Å². The minimum Gasteiger partial charge on any atom is -0.311 e. The Labute approximate surface area is 389 Å². The first-order valence-corrected chi connectivity index (χ1v) is 23.2. The summed E-state index contributed by atoms with van der Waals surface area (Å²) >= 11 is 0. The number of hydrogen-bond donors (Lipinski definition) is 0. The van der Waals surface area contributed by atoms with Crippen LogP contribution < -0.4 is 4.90 Å². The van der Waals surface area contributed by atoms with Crippen LogP contribution in [0.5, 0.6) is 0 Å². The Kier molecular flexibility index (Phi) is 8.23. The van der Waals surface area contributed by atoms with Gasteiger partial charge in [0.2, 0.25) is 0 Å². The lowest BCUT2D eigenvalue weighted by Crippen LogP contribution is -2.36. The van der Waals surface area contributed by atoms with Crippen molar-refractivity contribution in [2.45, 2.75) is 5.41 Å². The molecule has 12 aromatic rings. The van der Waals surface area contributed by atoms with Gasteiger partial charge in [-0.3, -0.25) is 0 Å². The van der Waals surface area contributed by atoms with E-state index in [4.69, 9.17) is 0 Å². The molecule has 1 aromatic heterocycles. The van der Waals surface area contributed by atoms with Gasteiger partial charge in [0.25, 0.3) is 0 Å². The van der Waals surface area contributed by atoms with Crippen molar-refractivity contribution in [2.75, 3.05) is 4.90 Å². The predicted octanol–water partition coefficient (Wildman–Crippen LogP) is 17.1. The van der Waals surface area contributed by atoms with Crippen LogP contribution in [0.1, 0.15) is 22.3 Å². The second kappa shape index (κ2) is 14.7. The lowest BCUT2D eigenvalue weighted by Gasteiger charge is -2.43. The number of para-hydroxylation sites is 1. The third-order valence-electron chi connectivity index (χ3n) is 14.6. The maximum Gasteiger partial charge on any atom is 0.0725 e. The maximum absolute atomic E-state index is 2.47. The van der Waals surface area contributed by atoms with Gasteiger partial charge in [0.1, 0.15) is 0 Å². The fourth-order valence-electron chi connectivity index (χ4n) is 11.6. The molecular weight excluding hydrogens is 809 g/mol. The van der Waals surface area contributed by atoms with Crippen LogP contribution in [0.15, 0.2) is 255 Å². The molecule has 2 heteroatoms. The molecule has 2 aliphatic rings. The zero-order chi connectivity index (χ0) is 44.1. The van der Waals surface area contributed by atoms with E-state index in [0.29, 0.717) is 0 Å². The Morgan fingerprint density at radius 1 is 0.299 bits per heavy atom. The summed E-state index contributed by atoms with van der Waals surface area (Å²) in [7, 11) is 0. The van der Waals surface area contributed by atoms with Crippen molar-refractivity contribution in [2.24, 2.45) is 0 Å². The minimum atomic E-state index is -0.267. The lowest BCUT2D eigenvalue weighted by molar-refractivity contribution is 0.745. The number of nitrogens with zero attached hydrogens (tertiary/aromatic N) is 2. The third kappa shape index (κ3) is 5.57. The van der Waals surface area contributed by atoms with Crippen LogP contribution in [-0.2, 0) is 5.41 Å². The summed E-state index contributed by atoms with van der Waals surface area (Å²) in [5.41, 5.74) is 22.0. The quantitative estimate of drug-likeness (QED) is 0.155. The highest BCUT2D eigenvalue weighted by Crippen LogP contribution is 2.64. The second-order valence-corrected chi connectivity index (χ2v) is 18.0. The van der Waals surface area contributed by atoms with Gasteiger partial charge < -0.3 is 9.47 Å². The average Bonchev–Trinajstić information content (AvgIpc) is 3.90. The molecule has 312 valence electrons. The first-order valence-electron chi connectivity index (χ1n) is 23.2. The van der Waals surface area contributed by atoms with E-state index in [2.05, 4.69) is 264 Å². The van der Waals surface area contributed by atoms with E-state index >= 15 is 0 Å². The minimum absolute atomic E-state index is 0.267. The Hall–Kier alpha value is -8.72. The van der Waals surface area contributed by atoms with E-state index in [9.17, 15) is 0 Å². The monoisotopic (exact) mass is 850 g/mol. The van der Waals surface area contributed by atoms with Gasteiger partial charge in [-0.25, -0.2) is 0 Å². The zero-order valence-corrected chi connectivity index (χ0v) is 36.6. The first kappa shape index (κ1) is 37.6. The summed E-state index contributed by atoms with van der Waals surface area (Å²) in [5.74, 6) is 0. The summed E-state index contributed by atoms with van der Waals surface area (Å²) in [6, 6.07) is 93.9. The number of aromatic nitrogens is 1. The molecule has 1 heterocycles. The van der Waals surface area contributed by atoms with Crippen molar-refractivity contribution in [3.63, 3.8) is 0 Å². The molecule has 0 fully saturated rings. The number of anilines is 3. The SMILES string of the molecule is c1ccc(-c2ccc(N(c3ccc(-c4ccc5c(c4)C4(c6ccccc6-5)c5cccc6cccc4c56)cc3)c3ccc(-n4c5ccccc5c5cc(-c6ccccc6)ccc54)cc3)cc2)cc1. The number of hydrogen-bond acceptors (Lipinski definition) is 1.